The molecular formula is C48H74O13. The highest BCUT2D eigenvalue weighted by molar-refractivity contribution is 6.28. The zero-order valence-corrected chi connectivity index (χ0v) is 37.0. The monoisotopic (exact) mass is 859 g/mol. The fourth-order valence-corrected chi connectivity index (χ4v) is 6.52. The molecule has 0 unspecified atom stereocenters. The summed E-state index contributed by atoms with van der Waals surface area (Å²) < 4.78 is 55.5. The SMILES string of the molecule is CCCCCCCCCCCCOCCOCCOCCOCCOCCOCCOCCOCCOCCOCCCC(=O)c1ccc2c(c1)C(=O)c1ccccc1C2=O. The first-order chi connectivity index (χ1) is 30.1. The average molecular weight is 859 g/mol. The molecule has 2 aromatic rings. The van der Waals surface area contributed by atoms with Gasteiger partial charge in [-0.05, 0) is 25.0 Å². The van der Waals surface area contributed by atoms with E-state index in [0.717, 1.165) is 13.0 Å². The Balaban J connectivity index is 0.946. The number of rotatable bonds is 43. The van der Waals surface area contributed by atoms with Gasteiger partial charge in [-0.2, -0.15) is 0 Å². The van der Waals surface area contributed by atoms with Gasteiger partial charge in [-0.25, -0.2) is 0 Å². The molecule has 0 heterocycles. The summed E-state index contributed by atoms with van der Waals surface area (Å²) in [5.74, 6) is -0.530. The molecule has 0 saturated carbocycles. The van der Waals surface area contributed by atoms with Crippen molar-refractivity contribution in [2.24, 2.45) is 0 Å². The molecule has 61 heavy (non-hydrogen) atoms. The first-order valence-corrected chi connectivity index (χ1v) is 22.8. The summed E-state index contributed by atoms with van der Waals surface area (Å²) in [6.45, 7) is 12.5. The molecule has 0 spiro atoms. The summed E-state index contributed by atoms with van der Waals surface area (Å²) >= 11 is 0. The minimum Gasteiger partial charge on any atom is -0.379 e. The van der Waals surface area contributed by atoms with Crippen LogP contribution in [0.15, 0.2) is 42.5 Å². The minimum atomic E-state index is -0.235. The smallest absolute Gasteiger partial charge is 0.194 e. The maximum atomic E-state index is 12.9. The van der Waals surface area contributed by atoms with E-state index in [1.807, 2.05) is 0 Å². The van der Waals surface area contributed by atoms with Crippen LogP contribution in [0.2, 0.25) is 0 Å². The van der Waals surface area contributed by atoms with Crippen LogP contribution in [0.4, 0.5) is 0 Å². The zero-order chi connectivity index (χ0) is 43.3. The van der Waals surface area contributed by atoms with Crippen LogP contribution >= 0.6 is 0 Å². The third-order valence-electron chi connectivity index (χ3n) is 9.93. The van der Waals surface area contributed by atoms with Crippen LogP contribution in [0, 0.1) is 0 Å². The van der Waals surface area contributed by atoms with Crippen molar-refractivity contribution in [3.05, 3.63) is 70.3 Å². The summed E-state index contributed by atoms with van der Waals surface area (Å²) in [6, 6.07) is 11.5. The Morgan fingerprint density at radius 1 is 0.361 bits per heavy atom. The maximum absolute atomic E-state index is 12.9. The molecular weight excluding hydrogens is 785 g/mol. The van der Waals surface area contributed by atoms with Crippen molar-refractivity contribution in [1.82, 2.24) is 0 Å². The van der Waals surface area contributed by atoms with E-state index in [-0.39, 0.29) is 29.3 Å². The quantitative estimate of drug-likeness (QED) is 0.0410. The lowest BCUT2D eigenvalue weighted by Crippen LogP contribution is -2.21. The lowest BCUT2D eigenvalue weighted by Gasteiger charge is -2.17. The van der Waals surface area contributed by atoms with Crippen molar-refractivity contribution < 1.29 is 61.8 Å². The Labute approximate surface area is 364 Å². The molecule has 0 aromatic heterocycles. The summed E-state index contributed by atoms with van der Waals surface area (Å²) in [4.78, 5) is 38.5. The van der Waals surface area contributed by atoms with E-state index in [1.165, 1.54) is 63.9 Å². The molecule has 1 aliphatic carbocycles. The Kier molecular flexibility index (Phi) is 31.4. The first kappa shape index (κ1) is 52.4. The van der Waals surface area contributed by atoms with E-state index >= 15 is 0 Å². The fourth-order valence-electron chi connectivity index (χ4n) is 6.52. The van der Waals surface area contributed by atoms with Gasteiger partial charge in [0.15, 0.2) is 17.3 Å². The van der Waals surface area contributed by atoms with E-state index in [2.05, 4.69) is 6.92 Å². The summed E-state index contributed by atoms with van der Waals surface area (Å²) in [5, 5.41) is 0. The Hall–Kier alpha value is -2.95. The standard InChI is InChI=1S/C48H74O13/c1-2-3-4-5-6-7-8-9-10-13-20-52-22-24-54-26-28-56-30-32-58-34-36-60-38-39-61-37-35-59-33-31-57-29-27-55-25-23-53-21-14-17-46(49)41-18-19-44-45(40-41)48(51)43-16-12-11-15-42(43)47(44)50/h11-12,15-16,18-19,40H,2-10,13-14,17,20-39H2,1H3. The van der Waals surface area contributed by atoms with E-state index in [1.54, 1.807) is 36.4 Å². The van der Waals surface area contributed by atoms with Crippen molar-refractivity contribution in [2.45, 2.75) is 84.0 Å². The molecule has 0 saturated heterocycles. The van der Waals surface area contributed by atoms with Gasteiger partial charge in [0.1, 0.15) is 0 Å². The van der Waals surface area contributed by atoms with Gasteiger partial charge in [-0.15, -0.1) is 0 Å². The number of benzene rings is 2. The molecule has 1 aliphatic rings. The van der Waals surface area contributed by atoms with Crippen LogP contribution in [0.3, 0.4) is 0 Å². The second-order valence-corrected chi connectivity index (χ2v) is 14.8. The predicted octanol–water partition coefficient (Wildman–Crippen LogP) is 7.51. The Morgan fingerprint density at radius 3 is 1.07 bits per heavy atom. The molecule has 0 N–H and O–H groups in total. The number of hydrogen-bond donors (Lipinski definition) is 0. The van der Waals surface area contributed by atoms with Crippen LogP contribution in [0.25, 0.3) is 0 Å². The highest BCUT2D eigenvalue weighted by Crippen LogP contribution is 2.28. The van der Waals surface area contributed by atoms with Crippen molar-refractivity contribution in [2.75, 3.05) is 132 Å². The molecule has 0 atom stereocenters. The molecule has 13 heteroatoms. The normalized spacial score (nSPS) is 12.3. The molecule has 0 radical (unpaired) electrons. The topological polar surface area (TPSA) is 144 Å². The number of Topliss-reactive ketones (excluding diaryl/α,β-unsaturated/α-hetero) is 1. The zero-order valence-electron chi connectivity index (χ0n) is 37.0. The van der Waals surface area contributed by atoms with Crippen LogP contribution in [-0.2, 0) is 47.4 Å². The Morgan fingerprint density at radius 2 is 0.672 bits per heavy atom. The second kappa shape index (κ2) is 36.5. The Bertz CT molecular complexity index is 1430. The molecule has 0 fully saturated rings. The number of carbonyl (C=O) groups excluding carboxylic acids is 3. The van der Waals surface area contributed by atoms with Gasteiger partial charge in [-0.3, -0.25) is 14.4 Å². The van der Waals surface area contributed by atoms with Gasteiger partial charge in [0.25, 0.3) is 0 Å². The lowest BCUT2D eigenvalue weighted by molar-refractivity contribution is -0.0264. The van der Waals surface area contributed by atoms with E-state index in [0.29, 0.717) is 154 Å². The van der Waals surface area contributed by atoms with Gasteiger partial charge >= 0.3 is 0 Å². The predicted molar refractivity (Wildman–Crippen MR) is 233 cm³/mol. The highest BCUT2D eigenvalue weighted by atomic mass is 16.6. The highest BCUT2D eigenvalue weighted by Gasteiger charge is 2.29. The van der Waals surface area contributed by atoms with Crippen LogP contribution in [0.1, 0.15) is 126 Å². The van der Waals surface area contributed by atoms with Gasteiger partial charge < -0.3 is 47.4 Å². The summed E-state index contributed by atoms with van der Waals surface area (Å²) in [6.07, 6.45) is 14.1. The van der Waals surface area contributed by atoms with Crippen LogP contribution in [-0.4, -0.2) is 149 Å². The molecule has 0 amide bonds. The van der Waals surface area contributed by atoms with Crippen molar-refractivity contribution in [1.29, 1.82) is 0 Å². The number of ketones is 3. The maximum Gasteiger partial charge on any atom is 0.194 e. The number of unbranched alkanes of at least 4 members (excludes halogenated alkanes) is 9. The van der Waals surface area contributed by atoms with E-state index in [9.17, 15) is 14.4 Å². The minimum absolute atomic E-state index is 0.0974. The number of hydrogen-bond acceptors (Lipinski definition) is 13. The summed E-state index contributed by atoms with van der Waals surface area (Å²) in [5.41, 5.74) is 1.80. The first-order valence-electron chi connectivity index (χ1n) is 22.8. The second-order valence-electron chi connectivity index (χ2n) is 14.8. The number of ether oxygens (including phenoxy) is 10. The molecule has 3 rings (SSSR count). The van der Waals surface area contributed by atoms with E-state index < -0.39 is 0 Å². The van der Waals surface area contributed by atoms with Gasteiger partial charge in [0.05, 0.1) is 119 Å². The molecule has 13 nitrogen and oxygen atoms in total. The molecule has 0 bridgehead atoms. The third-order valence-corrected chi connectivity index (χ3v) is 9.93. The molecule has 344 valence electrons. The fraction of sp³-hybridized carbons (Fsp3) is 0.688. The van der Waals surface area contributed by atoms with E-state index in [4.69, 9.17) is 47.4 Å². The van der Waals surface area contributed by atoms with Crippen molar-refractivity contribution in [3.8, 4) is 0 Å². The van der Waals surface area contributed by atoms with Crippen LogP contribution in [0.5, 0.6) is 0 Å². The number of carbonyl (C=O) groups is 3. The third kappa shape index (κ3) is 24.5. The largest absolute Gasteiger partial charge is 0.379 e. The van der Waals surface area contributed by atoms with Gasteiger partial charge in [-0.1, -0.05) is 95.0 Å². The van der Waals surface area contributed by atoms with Crippen LogP contribution < -0.4 is 0 Å². The van der Waals surface area contributed by atoms with Gasteiger partial charge in [0.2, 0.25) is 0 Å². The van der Waals surface area contributed by atoms with Crippen molar-refractivity contribution >= 4 is 17.3 Å². The average Bonchev–Trinajstić information content (AvgIpc) is 3.28. The number of fused-ring (bicyclic) bond motifs is 2. The summed E-state index contributed by atoms with van der Waals surface area (Å²) in [7, 11) is 0. The molecule has 0 aliphatic heterocycles. The lowest BCUT2D eigenvalue weighted by atomic mass is 9.83. The van der Waals surface area contributed by atoms with Gasteiger partial charge in [0, 0.05) is 47.5 Å². The van der Waals surface area contributed by atoms with Crippen molar-refractivity contribution in [3.63, 3.8) is 0 Å². The molecule has 2 aromatic carbocycles.